The highest BCUT2D eigenvalue weighted by Gasteiger charge is 2.40. The van der Waals surface area contributed by atoms with Crippen molar-refractivity contribution in [2.45, 2.75) is 30.1 Å². The lowest BCUT2D eigenvalue weighted by Gasteiger charge is -2.34. The van der Waals surface area contributed by atoms with Gasteiger partial charge in [0.1, 0.15) is 10.3 Å². The van der Waals surface area contributed by atoms with Gasteiger partial charge in [0.25, 0.3) is 10.0 Å². The van der Waals surface area contributed by atoms with Gasteiger partial charge in [-0.15, -0.1) is 11.3 Å². The van der Waals surface area contributed by atoms with Gasteiger partial charge < -0.3 is 5.32 Å². The van der Waals surface area contributed by atoms with E-state index in [1.54, 1.807) is 29.6 Å². The zero-order valence-electron chi connectivity index (χ0n) is 15.6. The molecule has 1 aliphatic rings. The molecule has 8 heteroatoms. The van der Waals surface area contributed by atoms with Gasteiger partial charge in [-0.3, -0.25) is 4.79 Å². The molecule has 0 saturated carbocycles. The Bertz CT molecular complexity index is 1160. The third-order valence-corrected chi connectivity index (χ3v) is 8.49. The molecule has 1 N–H and O–H groups in total. The van der Waals surface area contributed by atoms with Gasteiger partial charge in [-0.2, -0.15) is 4.31 Å². The summed E-state index contributed by atoms with van der Waals surface area (Å²) in [6.07, 6.45) is 0.312. The van der Waals surface area contributed by atoms with Crippen LogP contribution in [0.5, 0.6) is 0 Å². The van der Waals surface area contributed by atoms with E-state index >= 15 is 0 Å². The Labute approximate surface area is 179 Å². The topological polar surface area (TPSA) is 66.5 Å². The number of carbonyl (C=O) groups is 1. The molecule has 2 aromatic carbocycles. The normalized spacial score (nSPS) is 17.0. The SMILES string of the molecule is Cc1ccc(Cl)cc1NC(=O)[C@@H]1Cc2ccccc2CN1S(=O)(=O)c1cccs1. The Morgan fingerprint density at radius 3 is 2.62 bits per heavy atom. The van der Waals surface area contributed by atoms with Crippen LogP contribution in [0, 0.1) is 6.92 Å². The number of carbonyl (C=O) groups excluding carboxylic acids is 1. The number of aryl methyl sites for hydroxylation is 1. The molecule has 5 nitrogen and oxygen atoms in total. The van der Waals surface area contributed by atoms with Crippen LogP contribution in [-0.4, -0.2) is 24.7 Å². The molecule has 1 aromatic heterocycles. The van der Waals surface area contributed by atoms with Gasteiger partial charge in [0.15, 0.2) is 0 Å². The van der Waals surface area contributed by atoms with Crippen molar-refractivity contribution >= 4 is 44.6 Å². The number of nitrogens with one attached hydrogen (secondary N) is 1. The lowest BCUT2D eigenvalue weighted by atomic mass is 9.95. The summed E-state index contributed by atoms with van der Waals surface area (Å²) in [4.78, 5) is 13.2. The van der Waals surface area contributed by atoms with Crippen molar-refractivity contribution in [1.82, 2.24) is 4.31 Å². The van der Waals surface area contributed by atoms with Gasteiger partial charge in [0.05, 0.1) is 0 Å². The molecular formula is C21H19ClN2O3S2. The van der Waals surface area contributed by atoms with Crippen LogP contribution in [0.1, 0.15) is 16.7 Å². The fourth-order valence-electron chi connectivity index (χ4n) is 3.45. The van der Waals surface area contributed by atoms with Crippen LogP contribution < -0.4 is 5.32 Å². The Morgan fingerprint density at radius 1 is 1.14 bits per heavy atom. The predicted molar refractivity (Wildman–Crippen MR) is 116 cm³/mol. The Kier molecular flexibility index (Phi) is 5.48. The number of hydrogen-bond acceptors (Lipinski definition) is 4. The highest BCUT2D eigenvalue weighted by Crippen LogP contribution is 2.31. The number of fused-ring (bicyclic) bond motifs is 1. The number of benzene rings is 2. The van der Waals surface area contributed by atoms with Crippen LogP contribution >= 0.6 is 22.9 Å². The maximum absolute atomic E-state index is 13.3. The lowest BCUT2D eigenvalue weighted by molar-refractivity contribution is -0.120. The van der Waals surface area contributed by atoms with E-state index < -0.39 is 16.1 Å². The van der Waals surface area contributed by atoms with Gasteiger partial charge >= 0.3 is 0 Å². The second kappa shape index (κ2) is 7.91. The van der Waals surface area contributed by atoms with Gasteiger partial charge in [0.2, 0.25) is 5.91 Å². The van der Waals surface area contributed by atoms with E-state index in [0.29, 0.717) is 17.1 Å². The fourth-order valence-corrected chi connectivity index (χ4v) is 6.30. The molecule has 0 bridgehead atoms. The minimum absolute atomic E-state index is 0.156. The molecular weight excluding hydrogens is 428 g/mol. The third-order valence-electron chi connectivity index (χ3n) is 5.02. The fraction of sp³-hybridized carbons (Fsp3) is 0.190. The van der Waals surface area contributed by atoms with E-state index in [2.05, 4.69) is 5.32 Å². The molecule has 2 heterocycles. The minimum Gasteiger partial charge on any atom is -0.324 e. The number of hydrogen-bond donors (Lipinski definition) is 1. The van der Waals surface area contributed by atoms with E-state index in [4.69, 9.17) is 11.6 Å². The first-order valence-corrected chi connectivity index (χ1v) is 11.7. The Balaban J connectivity index is 1.72. The van der Waals surface area contributed by atoms with Crippen LogP contribution in [-0.2, 0) is 27.8 Å². The molecule has 1 aliphatic heterocycles. The molecule has 4 rings (SSSR count). The Hall–Kier alpha value is -2.19. The van der Waals surface area contributed by atoms with Crippen LogP contribution in [0.4, 0.5) is 5.69 Å². The second-order valence-electron chi connectivity index (χ2n) is 6.92. The third kappa shape index (κ3) is 3.96. The number of nitrogens with zero attached hydrogens (tertiary/aromatic N) is 1. The highest BCUT2D eigenvalue weighted by molar-refractivity contribution is 7.91. The molecule has 3 aromatic rings. The number of amides is 1. The molecule has 0 spiro atoms. The molecule has 0 fully saturated rings. The van der Waals surface area contributed by atoms with E-state index in [0.717, 1.165) is 28.0 Å². The number of anilines is 1. The molecule has 0 aliphatic carbocycles. The summed E-state index contributed by atoms with van der Waals surface area (Å²) < 4.78 is 28.1. The first kappa shape index (κ1) is 20.1. The number of thiophene rings is 1. The monoisotopic (exact) mass is 446 g/mol. The molecule has 1 atom stereocenters. The van der Waals surface area contributed by atoms with Crippen molar-refractivity contribution in [2.24, 2.45) is 0 Å². The quantitative estimate of drug-likeness (QED) is 0.643. The van der Waals surface area contributed by atoms with Gasteiger partial charge in [-0.1, -0.05) is 48.0 Å². The average molecular weight is 447 g/mol. The summed E-state index contributed by atoms with van der Waals surface area (Å²) in [5.41, 5.74) is 3.32. The van der Waals surface area contributed by atoms with Crippen LogP contribution in [0.25, 0.3) is 0 Å². The van der Waals surface area contributed by atoms with Crippen molar-refractivity contribution in [2.75, 3.05) is 5.32 Å². The molecule has 150 valence electrons. The maximum atomic E-state index is 13.3. The zero-order chi connectivity index (χ0) is 20.6. The minimum atomic E-state index is -3.80. The van der Waals surface area contributed by atoms with Gasteiger partial charge in [0, 0.05) is 17.3 Å². The highest BCUT2D eigenvalue weighted by atomic mass is 35.5. The summed E-state index contributed by atoms with van der Waals surface area (Å²) in [7, 11) is -3.80. The predicted octanol–water partition coefficient (Wildman–Crippen LogP) is 4.46. The van der Waals surface area contributed by atoms with E-state index in [9.17, 15) is 13.2 Å². The van der Waals surface area contributed by atoms with Crippen molar-refractivity contribution in [1.29, 1.82) is 0 Å². The summed E-state index contributed by atoms with van der Waals surface area (Å²) in [5.74, 6) is -0.370. The summed E-state index contributed by atoms with van der Waals surface area (Å²) in [6, 6.07) is 15.3. The van der Waals surface area contributed by atoms with Crippen molar-refractivity contribution in [3.8, 4) is 0 Å². The largest absolute Gasteiger partial charge is 0.324 e. The maximum Gasteiger partial charge on any atom is 0.253 e. The average Bonchev–Trinajstić information content (AvgIpc) is 3.25. The first-order chi connectivity index (χ1) is 13.9. The van der Waals surface area contributed by atoms with E-state index in [-0.39, 0.29) is 16.7 Å². The molecule has 0 unspecified atom stereocenters. The molecule has 0 saturated heterocycles. The standard InChI is InChI=1S/C21H19ClN2O3S2/c1-14-8-9-17(22)12-18(14)23-21(25)19-11-15-5-2-3-6-16(15)13-24(19)29(26,27)20-7-4-10-28-20/h2-10,12,19H,11,13H2,1H3,(H,23,25)/t19-/m0/s1. The summed E-state index contributed by atoms with van der Waals surface area (Å²) in [6.45, 7) is 2.02. The number of halogens is 1. The second-order valence-corrected chi connectivity index (χ2v) is 10.4. The summed E-state index contributed by atoms with van der Waals surface area (Å²) in [5, 5.41) is 5.09. The smallest absolute Gasteiger partial charge is 0.253 e. The first-order valence-electron chi connectivity index (χ1n) is 9.05. The van der Waals surface area contributed by atoms with Crippen molar-refractivity contribution < 1.29 is 13.2 Å². The lowest BCUT2D eigenvalue weighted by Crippen LogP contribution is -2.50. The van der Waals surface area contributed by atoms with Gasteiger partial charge in [-0.05, 0) is 53.6 Å². The van der Waals surface area contributed by atoms with E-state index in [1.807, 2.05) is 37.3 Å². The summed E-state index contributed by atoms with van der Waals surface area (Å²) >= 11 is 7.21. The van der Waals surface area contributed by atoms with Crippen LogP contribution in [0.2, 0.25) is 5.02 Å². The van der Waals surface area contributed by atoms with E-state index in [1.165, 1.54) is 4.31 Å². The molecule has 0 radical (unpaired) electrons. The van der Waals surface area contributed by atoms with Crippen molar-refractivity contribution in [3.05, 3.63) is 81.7 Å². The zero-order valence-corrected chi connectivity index (χ0v) is 18.0. The molecule has 29 heavy (non-hydrogen) atoms. The van der Waals surface area contributed by atoms with Crippen molar-refractivity contribution in [3.63, 3.8) is 0 Å². The van der Waals surface area contributed by atoms with Gasteiger partial charge in [-0.25, -0.2) is 8.42 Å². The van der Waals surface area contributed by atoms with Crippen LogP contribution in [0.15, 0.2) is 64.2 Å². The number of rotatable bonds is 4. The van der Waals surface area contributed by atoms with Crippen LogP contribution in [0.3, 0.4) is 0 Å². The number of sulfonamides is 1. The molecule has 1 amide bonds. The Morgan fingerprint density at radius 2 is 1.90 bits per heavy atom.